The molecule has 21 heavy (non-hydrogen) atoms. The second kappa shape index (κ2) is 5.82. The molecule has 6 nitrogen and oxygen atoms in total. The van der Waals surface area contributed by atoms with Crippen LogP contribution in [0.1, 0.15) is 27.1 Å². The standard InChI is InChI=1S/C13H12N4O2S2/c14-12-15-16-13(21-12)20-7-3-6-17-10(18)8-4-1-2-5-9(8)11(17)19/h1-2,4-5H,3,6-7H2,(H2,14,15). The average molecular weight is 320 g/mol. The van der Waals surface area contributed by atoms with E-state index in [0.29, 0.717) is 29.2 Å². The van der Waals surface area contributed by atoms with E-state index in [2.05, 4.69) is 10.2 Å². The van der Waals surface area contributed by atoms with Crippen molar-refractivity contribution in [2.45, 2.75) is 10.8 Å². The van der Waals surface area contributed by atoms with E-state index < -0.39 is 0 Å². The maximum Gasteiger partial charge on any atom is 0.261 e. The van der Waals surface area contributed by atoms with Crippen LogP contribution in [0.3, 0.4) is 0 Å². The van der Waals surface area contributed by atoms with Crippen LogP contribution in [0.15, 0.2) is 28.6 Å². The normalized spacial score (nSPS) is 13.8. The monoisotopic (exact) mass is 320 g/mol. The van der Waals surface area contributed by atoms with E-state index in [9.17, 15) is 9.59 Å². The van der Waals surface area contributed by atoms with Crippen LogP contribution in [0.4, 0.5) is 5.13 Å². The minimum Gasteiger partial charge on any atom is -0.374 e. The number of aromatic nitrogens is 2. The summed E-state index contributed by atoms with van der Waals surface area (Å²) in [6, 6.07) is 6.91. The molecule has 2 heterocycles. The summed E-state index contributed by atoms with van der Waals surface area (Å²) in [6.07, 6.45) is 0.704. The third kappa shape index (κ3) is 2.77. The summed E-state index contributed by atoms with van der Waals surface area (Å²) < 4.78 is 0.801. The molecule has 0 spiro atoms. The highest BCUT2D eigenvalue weighted by Gasteiger charge is 2.34. The zero-order valence-corrected chi connectivity index (χ0v) is 12.6. The topological polar surface area (TPSA) is 89.2 Å². The summed E-state index contributed by atoms with van der Waals surface area (Å²) in [7, 11) is 0. The Bertz CT molecular complexity index is 666. The number of anilines is 1. The number of nitrogen functional groups attached to an aromatic ring is 1. The number of carbonyl (C=O) groups is 2. The minimum absolute atomic E-state index is 0.208. The fourth-order valence-electron chi connectivity index (χ4n) is 2.10. The Morgan fingerprint density at radius 3 is 2.38 bits per heavy atom. The molecule has 0 atom stereocenters. The Balaban J connectivity index is 1.55. The summed E-state index contributed by atoms with van der Waals surface area (Å²) in [6.45, 7) is 0.410. The SMILES string of the molecule is Nc1nnc(SCCCN2C(=O)c3ccccc3C2=O)s1. The Labute approximate surface area is 129 Å². The maximum absolute atomic E-state index is 12.1. The number of benzene rings is 1. The number of imide groups is 1. The lowest BCUT2D eigenvalue weighted by molar-refractivity contribution is 0.0655. The van der Waals surface area contributed by atoms with Gasteiger partial charge < -0.3 is 5.73 Å². The molecule has 1 aliphatic heterocycles. The molecule has 0 fully saturated rings. The molecule has 0 saturated heterocycles. The van der Waals surface area contributed by atoms with Crippen molar-refractivity contribution in [2.75, 3.05) is 18.0 Å². The van der Waals surface area contributed by atoms with Crippen molar-refractivity contribution < 1.29 is 9.59 Å². The molecule has 0 aliphatic carbocycles. The van der Waals surface area contributed by atoms with Gasteiger partial charge in [-0.3, -0.25) is 14.5 Å². The van der Waals surface area contributed by atoms with E-state index in [1.165, 1.54) is 28.0 Å². The number of nitrogens with two attached hydrogens (primary N) is 1. The predicted octanol–water partition coefficient (Wildman–Crippen LogP) is 1.90. The number of thioether (sulfide) groups is 1. The van der Waals surface area contributed by atoms with Gasteiger partial charge in [0.25, 0.3) is 11.8 Å². The van der Waals surface area contributed by atoms with Crippen molar-refractivity contribution in [3.8, 4) is 0 Å². The smallest absolute Gasteiger partial charge is 0.261 e. The van der Waals surface area contributed by atoms with Gasteiger partial charge in [0.2, 0.25) is 5.13 Å². The highest BCUT2D eigenvalue weighted by molar-refractivity contribution is 8.01. The van der Waals surface area contributed by atoms with Gasteiger partial charge in [0, 0.05) is 12.3 Å². The molecule has 2 aromatic rings. The van der Waals surface area contributed by atoms with Crippen LogP contribution in [-0.4, -0.2) is 39.2 Å². The Morgan fingerprint density at radius 1 is 1.14 bits per heavy atom. The zero-order valence-electron chi connectivity index (χ0n) is 11.0. The molecule has 8 heteroatoms. The molecule has 3 rings (SSSR count). The third-order valence-electron chi connectivity index (χ3n) is 3.05. The lowest BCUT2D eigenvalue weighted by Crippen LogP contribution is -2.30. The zero-order chi connectivity index (χ0) is 14.8. The minimum atomic E-state index is -0.208. The lowest BCUT2D eigenvalue weighted by Gasteiger charge is -2.12. The molecular formula is C13H12N4O2S2. The van der Waals surface area contributed by atoms with Gasteiger partial charge >= 0.3 is 0 Å². The van der Waals surface area contributed by atoms with Crippen molar-refractivity contribution in [1.29, 1.82) is 0 Å². The summed E-state index contributed by atoms with van der Waals surface area (Å²) in [5.74, 6) is 0.337. The fourth-order valence-corrected chi connectivity index (χ4v) is 3.73. The van der Waals surface area contributed by atoms with Crippen LogP contribution in [0, 0.1) is 0 Å². The third-order valence-corrected chi connectivity index (χ3v) is 5.02. The van der Waals surface area contributed by atoms with E-state index in [4.69, 9.17) is 5.73 Å². The molecule has 2 N–H and O–H groups in total. The fraction of sp³-hybridized carbons (Fsp3) is 0.231. The molecule has 1 aromatic heterocycles. The quantitative estimate of drug-likeness (QED) is 0.514. The van der Waals surface area contributed by atoms with Crippen LogP contribution in [-0.2, 0) is 0 Å². The van der Waals surface area contributed by atoms with Crippen molar-refractivity contribution >= 4 is 40.0 Å². The molecule has 0 saturated carbocycles. The van der Waals surface area contributed by atoms with Gasteiger partial charge in [-0.1, -0.05) is 35.2 Å². The largest absolute Gasteiger partial charge is 0.374 e. The second-order valence-corrected chi connectivity index (χ2v) is 6.77. The number of rotatable bonds is 5. The molecule has 108 valence electrons. The van der Waals surface area contributed by atoms with Crippen LogP contribution >= 0.6 is 23.1 Å². The van der Waals surface area contributed by atoms with Crippen molar-refractivity contribution in [1.82, 2.24) is 15.1 Å². The Kier molecular flexibility index (Phi) is 3.89. The Hall–Kier alpha value is -1.93. The summed E-state index contributed by atoms with van der Waals surface area (Å²) >= 11 is 2.86. The second-order valence-electron chi connectivity index (χ2n) is 4.42. The lowest BCUT2D eigenvalue weighted by atomic mass is 10.1. The summed E-state index contributed by atoms with van der Waals surface area (Å²) in [5.41, 5.74) is 6.49. The first-order valence-electron chi connectivity index (χ1n) is 6.34. The van der Waals surface area contributed by atoms with Crippen molar-refractivity contribution in [3.05, 3.63) is 35.4 Å². The maximum atomic E-state index is 12.1. The first-order chi connectivity index (χ1) is 10.2. The van der Waals surface area contributed by atoms with Gasteiger partial charge in [-0.2, -0.15) is 0 Å². The highest BCUT2D eigenvalue weighted by atomic mass is 32.2. The summed E-state index contributed by atoms with van der Waals surface area (Å²) in [5, 5.41) is 8.08. The van der Waals surface area contributed by atoms with Gasteiger partial charge in [-0.05, 0) is 18.6 Å². The van der Waals surface area contributed by atoms with E-state index >= 15 is 0 Å². The van der Waals surface area contributed by atoms with Crippen molar-refractivity contribution in [3.63, 3.8) is 0 Å². The molecule has 0 radical (unpaired) electrons. The number of hydrogen-bond acceptors (Lipinski definition) is 7. The first-order valence-corrected chi connectivity index (χ1v) is 8.14. The number of nitrogens with zero attached hydrogens (tertiary/aromatic N) is 3. The van der Waals surface area contributed by atoms with Gasteiger partial charge in [-0.25, -0.2) is 0 Å². The Morgan fingerprint density at radius 2 is 1.81 bits per heavy atom. The number of hydrogen-bond donors (Lipinski definition) is 1. The molecule has 2 amide bonds. The number of amides is 2. The van der Waals surface area contributed by atoms with E-state index in [1.54, 1.807) is 24.3 Å². The highest BCUT2D eigenvalue weighted by Crippen LogP contribution is 2.25. The molecule has 0 unspecified atom stereocenters. The number of fused-ring (bicyclic) bond motifs is 1. The van der Waals surface area contributed by atoms with Gasteiger partial charge in [-0.15, -0.1) is 10.2 Å². The van der Waals surface area contributed by atoms with Gasteiger partial charge in [0.1, 0.15) is 0 Å². The number of carbonyl (C=O) groups excluding carboxylic acids is 2. The van der Waals surface area contributed by atoms with Crippen LogP contribution in [0.5, 0.6) is 0 Å². The molecule has 0 bridgehead atoms. The molecule has 1 aromatic carbocycles. The predicted molar refractivity (Wildman–Crippen MR) is 81.5 cm³/mol. The van der Waals surface area contributed by atoms with E-state index in [1.807, 2.05) is 0 Å². The van der Waals surface area contributed by atoms with E-state index in [-0.39, 0.29) is 11.8 Å². The van der Waals surface area contributed by atoms with E-state index in [0.717, 1.165) is 10.1 Å². The molecular weight excluding hydrogens is 308 g/mol. The van der Waals surface area contributed by atoms with Gasteiger partial charge in [0.05, 0.1) is 11.1 Å². The average Bonchev–Trinajstić information content (AvgIpc) is 3.00. The van der Waals surface area contributed by atoms with Gasteiger partial charge in [0.15, 0.2) is 4.34 Å². The first kappa shape index (κ1) is 14.0. The molecule has 1 aliphatic rings. The summed E-state index contributed by atoms with van der Waals surface area (Å²) in [4.78, 5) is 25.6. The van der Waals surface area contributed by atoms with Crippen LogP contribution in [0.25, 0.3) is 0 Å². The van der Waals surface area contributed by atoms with Crippen molar-refractivity contribution in [2.24, 2.45) is 0 Å². The van der Waals surface area contributed by atoms with Crippen LogP contribution in [0.2, 0.25) is 0 Å². The van der Waals surface area contributed by atoms with Crippen LogP contribution < -0.4 is 5.73 Å².